The molecule has 1 aromatic carbocycles. The first kappa shape index (κ1) is 13.1. The van der Waals surface area contributed by atoms with Crippen LogP contribution in [0.1, 0.15) is 23.7 Å². The first-order valence-corrected chi connectivity index (χ1v) is 5.00. The summed E-state index contributed by atoms with van der Waals surface area (Å²) in [5.41, 5.74) is 0.384. The number of Topliss-reactive ketones (excluding diaryl/α,β-unsaturated/α-hetero) is 1. The summed E-state index contributed by atoms with van der Waals surface area (Å²) in [6.07, 6.45) is 0.133. The lowest BCUT2D eigenvalue weighted by Crippen LogP contribution is -2.10. The van der Waals surface area contributed by atoms with Crippen LogP contribution < -0.4 is 4.74 Å². The van der Waals surface area contributed by atoms with Crippen molar-refractivity contribution in [2.24, 2.45) is 5.92 Å². The van der Waals surface area contributed by atoms with Crippen LogP contribution in [0, 0.1) is 17.2 Å². The zero-order valence-electron chi connectivity index (χ0n) is 9.19. The molecule has 17 heavy (non-hydrogen) atoms. The van der Waals surface area contributed by atoms with E-state index < -0.39 is 12.5 Å². The molecule has 1 atom stereocenters. The highest BCUT2D eigenvalue weighted by Crippen LogP contribution is 2.18. The predicted octanol–water partition coefficient (Wildman–Crippen LogP) is 3.02. The number of alkyl halides is 2. The number of benzene rings is 1. The molecule has 0 aliphatic rings. The van der Waals surface area contributed by atoms with Gasteiger partial charge in [0.15, 0.2) is 5.78 Å². The lowest BCUT2D eigenvalue weighted by atomic mass is 9.97. The number of ether oxygens (including phenoxy) is 1. The number of nitriles is 1. The quantitative estimate of drug-likeness (QED) is 0.742. The normalized spacial score (nSPS) is 11.9. The van der Waals surface area contributed by atoms with E-state index in [1.807, 2.05) is 6.07 Å². The number of carbonyl (C=O) groups is 1. The lowest BCUT2D eigenvalue weighted by molar-refractivity contribution is -0.0498. The molecule has 5 heteroatoms. The van der Waals surface area contributed by atoms with Gasteiger partial charge in [0.2, 0.25) is 0 Å². The molecule has 90 valence electrons. The molecule has 0 heterocycles. The van der Waals surface area contributed by atoms with E-state index in [4.69, 9.17) is 5.26 Å². The highest BCUT2D eigenvalue weighted by atomic mass is 19.3. The van der Waals surface area contributed by atoms with Crippen LogP contribution in [0.25, 0.3) is 0 Å². The van der Waals surface area contributed by atoms with Gasteiger partial charge in [-0.05, 0) is 24.3 Å². The van der Waals surface area contributed by atoms with Crippen LogP contribution in [0.2, 0.25) is 0 Å². The van der Waals surface area contributed by atoms with Gasteiger partial charge in [0.25, 0.3) is 0 Å². The first-order valence-electron chi connectivity index (χ1n) is 5.00. The SMILES string of the molecule is CC(CC#N)C(=O)c1ccc(OC(F)F)cc1. The molecule has 1 rings (SSSR count). The fourth-order valence-electron chi connectivity index (χ4n) is 1.31. The van der Waals surface area contributed by atoms with Gasteiger partial charge in [-0.1, -0.05) is 6.92 Å². The Hall–Kier alpha value is -1.96. The molecule has 0 aromatic heterocycles. The molecule has 1 unspecified atom stereocenters. The molecule has 3 nitrogen and oxygen atoms in total. The average molecular weight is 239 g/mol. The monoisotopic (exact) mass is 239 g/mol. The van der Waals surface area contributed by atoms with Crippen molar-refractivity contribution in [3.05, 3.63) is 29.8 Å². The van der Waals surface area contributed by atoms with Crippen LogP contribution >= 0.6 is 0 Å². The molecule has 0 aliphatic heterocycles. The van der Waals surface area contributed by atoms with Gasteiger partial charge in [-0.3, -0.25) is 4.79 Å². The minimum Gasteiger partial charge on any atom is -0.435 e. The third-order valence-electron chi connectivity index (χ3n) is 2.21. The van der Waals surface area contributed by atoms with Crippen molar-refractivity contribution in [2.75, 3.05) is 0 Å². The zero-order valence-corrected chi connectivity index (χ0v) is 9.19. The van der Waals surface area contributed by atoms with E-state index in [1.165, 1.54) is 24.3 Å². The summed E-state index contributed by atoms with van der Waals surface area (Å²) >= 11 is 0. The summed E-state index contributed by atoms with van der Waals surface area (Å²) in [5.74, 6) is -0.582. The maximum atomic E-state index is 11.9. The fourth-order valence-corrected chi connectivity index (χ4v) is 1.31. The summed E-state index contributed by atoms with van der Waals surface area (Å²) in [6, 6.07) is 7.34. The van der Waals surface area contributed by atoms with Crippen LogP contribution in [0.15, 0.2) is 24.3 Å². The average Bonchev–Trinajstić information content (AvgIpc) is 2.28. The Bertz CT molecular complexity index is 423. The minimum atomic E-state index is -2.88. The Balaban J connectivity index is 2.74. The van der Waals surface area contributed by atoms with E-state index >= 15 is 0 Å². The summed E-state index contributed by atoms with van der Waals surface area (Å²) in [4.78, 5) is 11.7. The van der Waals surface area contributed by atoms with E-state index in [2.05, 4.69) is 4.74 Å². The number of nitrogens with zero attached hydrogens (tertiary/aromatic N) is 1. The van der Waals surface area contributed by atoms with E-state index in [-0.39, 0.29) is 18.0 Å². The molecular weight excluding hydrogens is 228 g/mol. The zero-order chi connectivity index (χ0) is 12.8. The third-order valence-corrected chi connectivity index (χ3v) is 2.21. The second kappa shape index (κ2) is 5.94. The van der Waals surface area contributed by atoms with Crippen molar-refractivity contribution >= 4 is 5.78 Å². The molecular formula is C12H11F2NO2. The van der Waals surface area contributed by atoms with E-state index in [1.54, 1.807) is 6.92 Å². The molecule has 0 aliphatic carbocycles. The number of ketones is 1. The molecule has 0 fully saturated rings. The fraction of sp³-hybridized carbons (Fsp3) is 0.333. The van der Waals surface area contributed by atoms with Gasteiger partial charge in [0.05, 0.1) is 6.07 Å². The maximum Gasteiger partial charge on any atom is 0.387 e. The van der Waals surface area contributed by atoms with Crippen LogP contribution in [0.3, 0.4) is 0 Å². The summed E-state index contributed by atoms with van der Waals surface area (Å²) < 4.78 is 27.9. The Kier molecular flexibility index (Phi) is 4.58. The maximum absolute atomic E-state index is 11.9. The Morgan fingerprint density at radius 2 is 2.00 bits per heavy atom. The first-order chi connectivity index (χ1) is 8.04. The highest BCUT2D eigenvalue weighted by molar-refractivity contribution is 5.97. The topological polar surface area (TPSA) is 50.1 Å². The van der Waals surface area contributed by atoms with Crippen molar-refractivity contribution in [3.8, 4) is 11.8 Å². The van der Waals surface area contributed by atoms with Crippen LogP contribution in [-0.4, -0.2) is 12.4 Å². The molecule has 1 aromatic rings. The van der Waals surface area contributed by atoms with Crippen molar-refractivity contribution in [3.63, 3.8) is 0 Å². The van der Waals surface area contributed by atoms with Crippen molar-refractivity contribution in [2.45, 2.75) is 20.0 Å². The van der Waals surface area contributed by atoms with E-state index in [0.717, 1.165) is 0 Å². The largest absolute Gasteiger partial charge is 0.435 e. The van der Waals surface area contributed by atoms with Crippen LogP contribution in [0.5, 0.6) is 5.75 Å². The van der Waals surface area contributed by atoms with Crippen LogP contribution in [0.4, 0.5) is 8.78 Å². The minimum absolute atomic E-state index is 0.00415. The summed E-state index contributed by atoms with van der Waals surface area (Å²) in [6.45, 7) is -1.23. The predicted molar refractivity (Wildman–Crippen MR) is 56.8 cm³/mol. The standard InChI is InChI=1S/C12H11F2NO2/c1-8(6-7-15)11(16)9-2-4-10(5-3-9)17-12(13)14/h2-5,8,12H,6H2,1H3. The molecule has 0 amide bonds. The second-order valence-electron chi connectivity index (χ2n) is 3.53. The van der Waals surface area contributed by atoms with Gasteiger partial charge in [0, 0.05) is 17.9 Å². The van der Waals surface area contributed by atoms with Gasteiger partial charge in [0.1, 0.15) is 5.75 Å². The Morgan fingerprint density at radius 3 is 2.47 bits per heavy atom. The van der Waals surface area contributed by atoms with Crippen LogP contribution in [-0.2, 0) is 0 Å². The van der Waals surface area contributed by atoms with Crippen molar-refractivity contribution in [1.29, 1.82) is 5.26 Å². The van der Waals surface area contributed by atoms with Gasteiger partial charge in [-0.25, -0.2) is 0 Å². The number of hydrogen-bond acceptors (Lipinski definition) is 3. The Labute approximate surface area is 97.6 Å². The molecule has 0 bridgehead atoms. The number of rotatable bonds is 5. The highest BCUT2D eigenvalue weighted by Gasteiger charge is 2.15. The molecule has 0 saturated carbocycles. The Morgan fingerprint density at radius 1 is 1.41 bits per heavy atom. The van der Waals surface area contributed by atoms with Gasteiger partial charge >= 0.3 is 6.61 Å². The van der Waals surface area contributed by atoms with Crippen molar-refractivity contribution in [1.82, 2.24) is 0 Å². The number of halogens is 2. The van der Waals surface area contributed by atoms with Gasteiger partial charge in [-0.15, -0.1) is 0 Å². The molecule has 0 N–H and O–H groups in total. The van der Waals surface area contributed by atoms with Gasteiger partial charge in [-0.2, -0.15) is 14.0 Å². The summed E-state index contributed by atoms with van der Waals surface area (Å²) in [7, 11) is 0. The van der Waals surface area contributed by atoms with Crippen molar-refractivity contribution < 1.29 is 18.3 Å². The lowest BCUT2D eigenvalue weighted by Gasteiger charge is -2.08. The molecule has 0 radical (unpaired) electrons. The second-order valence-corrected chi connectivity index (χ2v) is 3.53. The molecule has 0 spiro atoms. The molecule has 0 saturated heterocycles. The number of carbonyl (C=O) groups excluding carboxylic acids is 1. The number of hydrogen-bond donors (Lipinski definition) is 0. The van der Waals surface area contributed by atoms with Gasteiger partial charge < -0.3 is 4.74 Å². The van der Waals surface area contributed by atoms with E-state index in [9.17, 15) is 13.6 Å². The summed E-state index contributed by atoms with van der Waals surface area (Å²) in [5, 5.41) is 8.47. The third kappa shape index (κ3) is 3.83. The smallest absolute Gasteiger partial charge is 0.387 e. The van der Waals surface area contributed by atoms with E-state index in [0.29, 0.717) is 5.56 Å².